The van der Waals surface area contributed by atoms with Crippen molar-refractivity contribution in [3.8, 4) is 0 Å². The van der Waals surface area contributed by atoms with Crippen LogP contribution in [0.15, 0.2) is 16.3 Å². The highest BCUT2D eigenvalue weighted by molar-refractivity contribution is 7.91. The van der Waals surface area contributed by atoms with Crippen molar-refractivity contribution in [2.45, 2.75) is 24.1 Å². The van der Waals surface area contributed by atoms with Gasteiger partial charge in [-0.1, -0.05) is 0 Å². The molecule has 0 spiro atoms. The van der Waals surface area contributed by atoms with E-state index in [0.29, 0.717) is 10.8 Å². The van der Waals surface area contributed by atoms with Gasteiger partial charge in [-0.05, 0) is 26.0 Å². The zero-order valence-electron chi connectivity index (χ0n) is 8.56. The van der Waals surface area contributed by atoms with Crippen LogP contribution in [0, 0.1) is 6.92 Å². The molecule has 0 aliphatic heterocycles. The maximum Gasteiger partial charge on any atom is 0.250 e. The fourth-order valence-corrected chi connectivity index (χ4v) is 3.48. The third-order valence-corrected chi connectivity index (χ3v) is 4.77. The fourth-order valence-electron chi connectivity index (χ4n) is 0.928. The predicted molar refractivity (Wildman–Crippen MR) is 65.1 cm³/mol. The molecule has 0 radical (unpaired) electrons. The Morgan fingerprint density at radius 2 is 2.13 bits per heavy atom. The van der Waals surface area contributed by atoms with Gasteiger partial charge in [0.1, 0.15) is 4.21 Å². The van der Waals surface area contributed by atoms with E-state index in [4.69, 9.17) is 5.73 Å². The number of thiophene rings is 1. The quantitative estimate of drug-likeness (QED) is 0.861. The Labute approximate surface area is 100 Å². The summed E-state index contributed by atoms with van der Waals surface area (Å²) < 4.78 is 26.2. The Kier molecular flexibility index (Phi) is 5.76. The van der Waals surface area contributed by atoms with Crippen LogP contribution in [0.5, 0.6) is 0 Å². The maximum absolute atomic E-state index is 11.7. The summed E-state index contributed by atoms with van der Waals surface area (Å²) in [6, 6.07) is 3.15. The second-order valence-electron chi connectivity index (χ2n) is 3.12. The number of halogens is 1. The van der Waals surface area contributed by atoms with Crippen molar-refractivity contribution >= 4 is 33.8 Å². The Morgan fingerprint density at radius 3 is 2.53 bits per heavy atom. The van der Waals surface area contributed by atoms with Gasteiger partial charge in [0, 0.05) is 17.5 Å². The van der Waals surface area contributed by atoms with Crippen molar-refractivity contribution in [2.24, 2.45) is 5.73 Å². The minimum atomic E-state index is -3.36. The highest BCUT2D eigenvalue weighted by Gasteiger charge is 2.17. The predicted octanol–water partition coefficient (Wildman–Crippen LogP) is 1.10. The van der Waals surface area contributed by atoms with E-state index < -0.39 is 10.0 Å². The SMILES string of the molecule is Cc1ccc(S(=O)(=O)N[C@@H](C)CN)s1.Cl. The Bertz CT molecular complexity index is 403. The number of hydrogen-bond donors (Lipinski definition) is 2. The molecule has 88 valence electrons. The van der Waals surface area contributed by atoms with E-state index in [1.54, 1.807) is 19.1 Å². The monoisotopic (exact) mass is 270 g/mol. The van der Waals surface area contributed by atoms with Crippen LogP contribution in [-0.2, 0) is 10.0 Å². The van der Waals surface area contributed by atoms with Gasteiger partial charge in [-0.25, -0.2) is 13.1 Å². The number of nitrogens with two attached hydrogens (primary N) is 1. The molecular formula is C8H15ClN2O2S2. The van der Waals surface area contributed by atoms with Gasteiger partial charge in [0.15, 0.2) is 0 Å². The Hall–Kier alpha value is -0.140. The van der Waals surface area contributed by atoms with Crippen LogP contribution in [0.1, 0.15) is 11.8 Å². The third-order valence-electron chi connectivity index (χ3n) is 1.69. The van der Waals surface area contributed by atoms with Gasteiger partial charge in [-0.2, -0.15) is 0 Å². The van der Waals surface area contributed by atoms with E-state index in [9.17, 15) is 8.42 Å². The van der Waals surface area contributed by atoms with Crippen LogP contribution < -0.4 is 10.5 Å². The first-order valence-electron chi connectivity index (χ1n) is 4.24. The van der Waals surface area contributed by atoms with E-state index in [1.807, 2.05) is 6.92 Å². The van der Waals surface area contributed by atoms with E-state index >= 15 is 0 Å². The number of rotatable bonds is 4. The lowest BCUT2D eigenvalue weighted by Gasteiger charge is -2.09. The zero-order valence-corrected chi connectivity index (χ0v) is 11.0. The highest BCUT2D eigenvalue weighted by atomic mass is 35.5. The molecule has 0 bridgehead atoms. The number of aryl methyl sites for hydroxylation is 1. The van der Waals surface area contributed by atoms with E-state index in [0.717, 1.165) is 4.88 Å². The molecule has 0 aromatic carbocycles. The minimum Gasteiger partial charge on any atom is -0.329 e. The highest BCUT2D eigenvalue weighted by Crippen LogP contribution is 2.20. The normalized spacial score (nSPS) is 13.3. The van der Waals surface area contributed by atoms with E-state index in [1.165, 1.54) is 11.3 Å². The van der Waals surface area contributed by atoms with E-state index in [2.05, 4.69) is 4.72 Å². The first kappa shape index (κ1) is 14.9. The van der Waals surface area contributed by atoms with Crippen molar-refractivity contribution in [3.05, 3.63) is 17.0 Å². The average molecular weight is 271 g/mol. The summed E-state index contributed by atoms with van der Waals surface area (Å²) in [6.07, 6.45) is 0. The summed E-state index contributed by atoms with van der Waals surface area (Å²) in [6.45, 7) is 3.90. The number of nitrogens with one attached hydrogen (secondary N) is 1. The maximum atomic E-state index is 11.7. The molecule has 7 heteroatoms. The molecule has 0 unspecified atom stereocenters. The average Bonchev–Trinajstić information content (AvgIpc) is 2.51. The molecule has 0 saturated carbocycles. The lowest BCUT2D eigenvalue weighted by Crippen LogP contribution is -2.37. The Balaban J connectivity index is 0.00000196. The third kappa shape index (κ3) is 4.08. The molecule has 0 fully saturated rings. The smallest absolute Gasteiger partial charge is 0.250 e. The van der Waals surface area contributed by atoms with Crippen LogP contribution in [0.25, 0.3) is 0 Å². The van der Waals surface area contributed by atoms with E-state index in [-0.39, 0.29) is 18.4 Å². The molecular weight excluding hydrogens is 256 g/mol. The van der Waals surface area contributed by atoms with Gasteiger partial charge < -0.3 is 5.73 Å². The van der Waals surface area contributed by atoms with Gasteiger partial charge in [-0.15, -0.1) is 23.7 Å². The first-order chi connectivity index (χ1) is 6.45. The summed E-state index contributed by atoms with van der Waals surface area (Å²) in [5.41, 5.74) is 5.34. The summed E-state index contributed by atoms with van der Waals surface area (Å²) >= 11 is 1.26. The van der Waals surface area contributed by atoms with Gasteiger partial charge >= 0.3 is 0 Å². The molecule has 1 rings (SSSR count). The molecule has 0 aliphatic rings. The van der Waals surface area contributed by atoms with Gasteiger partial charge in [-0.3, -0.25) is 0 Å². The van der Waals surface area contributed by atoms with Crippen molar-refractivity contribution < 1.29 is 8.42 Å². The van der Waals surface area contributed by atoms with Crippen molar-refractivity contribution in [2.75, 3.05) is 6.54 Å². The van der Waals surface area contributed by atoms with Crippen LogP contribution in [0.3, 0.4) is 0 Å². The second-order valence-corrected chi connectivity index (χ2v) is 6.35. The van der Waals surface area contributed by atoms with Gasteiger partial charge in [0.05, 0.1) is 0 Å². The standard InChI is InChI=1S/C8H14N2O2S2.ClH/c1-6(5-9)10-14(11,12)8-4-3-7(2)13-8;/h3-4,6,10H,5,9H2,1-2H3;1H/t6-;/m0./s1. The van der Waals surface area contributed by atoms with Crippen LogP contribution in [-0.4, -0.2) is 21.0 Å². The molecule has 1 aromatic rings. The van der Waals surface area contributed by atoms with Gasteiger partial charge in [0.25, 0.3) is 0 Å². The van der Waals surface area contributed by atoms with Crippen molar-refractivity contribution in [3.63, 3.8) is 0 Å². The topological polar surface area (TPSA) is 72.2 Å². The molecule has 0 amide bonds. The largest absolute Gasteiger partial charge is 0.329 e. The molecule has 15 heavy (non-hydrogen) atoms. The molecule has 1 aromatic heterocycles. The van der Waals surface area contributed by atoms with Crippen molar-refractivity contribution in [1.29, 1.82) is 0 Å². The van der Waals surface area contributed by atoms with Crippen LogP contribution in [0.4, 0.5) is 0 Å². The summed E-state index contributed by atoms with van der Waals surface area (Å²) in [7, 11) is -3.36. The number of hydrogen-bond acceptors (Lipinski definition) is 4. The minimum absolute atomic E-state index is 0. The fraction of sp³-hybridized carbons (Fsp3) is 0.500. The van der Waals surface area contributed by atoms with Crippen LogP contribution in [0.2, 0.25) is 0 Å². The van der Waals surface area contributed by atoms with Crippen LogP contribution >= 0.6 is 23.7 Å². The van der Waals surface area contributed by atoms with Gasteiger partial charge in [0.2, 0.25) is 10.0 Å². The molecule has 0 saturated heterocycles. The molecule has 3 N–H and O–H groups in total. The first-order valence-corrected chi connectivity index (χ1v) is 6.54. The zero-order chi connectivity index (χ0) is 10.8. The summed E-state index contributed by atoms with van der Waals surface area (Å²) in [5, 5.41) is 0. The molecule has 0 aliphatic carbocycles. The molecule has 4 nitrogen and oxygen atoms in total. The summed E-state index contributed by atoms with van der Waals surface area (Å²) in [4.78, 5) is 0.978. The van der Waals surface area contributed by atoms with Crippen molar-refractivity contribution in [1.82, 2.24) is 4.72 Å². The number of sulfonamides is 1. The lowest BCUT2D eigenvalue weighted by atomic mass is 10.4. The molecule has 1 atom stereocenters. The second kappa shape index (κ2) is 5.81. The summed E-state index contributed by atoms with van der Waals surface area (Å²) in [5.74, 6) is 0. The lowest BCUT2D eigenvalue weighted by molar-refractivity contribution is 0.564. The Morgan fingerprint density at radius 1 is 1.53 bits per heavy atom. The molecule has 1 heterocycles.